The van der Waals surface area contributed by atoms with E-state index in [4.69, 9.17) is 16.3 Å². The number of thiophene rings is 1. The highest BCUT2D eigenvalue weighted by molar-refractivity contribution is 7.89. The molecule has 14 heteroatoms. The van der Waals surface area contributed by atoms with Gasteiger partial charge in [0.05, 0.1) is 43.7 Å². The third kappa shape index (κ3) is 5.10. The van der Waals surface area contributed by atoms with Gasteiger partial charge in [-0.25, -0.2) is 22.5 Å². The molecule has 214 valence electrons. The van der Waals surface area contributed by atoms with Gasteiger partial charge in [-0.15, -0.1) is 11.3 Å². The number of aromatic carboxylic acids is 1. The highest BCUT2D eigenvalue weighted by Crippen LogP contribution is 2.39. The standard InChI is InChI=1S/C28H22ClN5O6S2/c1-15-32-22-12-18(42(38,39)33(2)3)10-16(13-30)24(22)27(35)34(15)8-9-40-23-5-4-17(29)11-20(23)19-6-7-31-25-21(28(36)37)14-41-26(19)25/h4-7,10-12,14H,8-9H2,1-3H3,(H,36,37). The Labute approximate surface area is 248 Å². The summed E-state index contributed by atoms with van der Waals surface area (Å²) in [4.78, 5) is 33.7. The summed E-state index contributed by atoms with van der Waals surface area (Å²) in [7, 11) is -1.11. The summed E-state index contributed by atoms with van der Waals surface area (Å²) in [5.74, 6) is -0.312. The van der Waals surface area contributed by atoms with Crippen LogP contribution in [0.1, 0.15) is 21.7 Å². The van der Waals surface area contributed by atoms with Crippen molar-refractivity contribution < 1.29 is 23.1 Å². The first-order valence-corrected chi connectivity index (χ1v) is 15.0. The van der Waals surface area contributed by atoms with Crippen molar-refractivity contribution >= 4 is 60.0 Å². The van der Waals surface area contributed by atoms with Crippen molar-refractivity contribution in [1.29, 1.82) is 5.26 Å². The Morgan fingerprint density at radius 3 is 2.67 bits per heavy atom. The van der Waals surface area contributed by atoms with Crippen molar-refractivity contribution in [3.05, 3.63) is 80.3 Å². The number of sulfonamides is 1. The van der Waals surface area contributed by atoms with E-state index in [1.807, 2.05) is 6.07 Å². The fourth-order valence-electron chi connectivity index (χ4n) is 4.52. The number of rotatable bonds is 8. The maximum atomic E-state index is 13.5. The lowest BCUT2D eigenvalue weighted by atomic mass is 10.0. The fraction of sp³-hybridized carbons (Fsp3) is 0.179. The number of fused-ring (bicyclic) bond motifs is 2. The van der Waals surface area contributed by atoms with Crippen LogP contribution in [0.4, 0.5) is 0 Å². The van der Waals surface area contributed by atoms with Crippen molar-refractivity contribution in [1.82, 2.24) is 18.8 Å². The summed E-state index contributed by atoms with van der Waals surface area (Å²) < 4.78 is 34.5. The first-order valence-electron chi connectivity index (χ1n) is 12.3. The zero-order chi connectivity index (χ0) is 30.3. The second-order valence-corrected chi connectivity index (χ2v) is 12.8. The van der Waals surface area contributed by atoms with Gasteiger partial charge in [-0.2, -0.15) is 5.26 Å². The van der Waals surface area contributed by atoms with Crippen molar-refractivity contribution in [3.63, 3.8) is 0 Å². The smallest absolute Gasteiger partial charge is 0.338 e. The zero-order valence-corrected chi connectivity index (χ0v) is 24.8. The van der Waals surface area contributed by atoms with Crippen LogP contribution in [0.3, 0.4) is 0 Å². The summed E-state index contributed by atoms with van der Waals surface area (Å²) in [6.07, 6.45) is 1.52. The molecule has 0 aliphatic rings. The maximum absolute atomic E-state index is 13.5. The van der Waals surface area contributed by atoms with Crippen LogP contribution < -0.4 is 10.3 Å². The van der Waals surface area contributed by atoms with Crippen LogP contribution in [0.2, 0.25) is 5.02 Å². The average Bonchev–Trinajstić information content (AvgIpc) is 3.39. The highest BCUT2D eigenvalue weighted by Gasteiger charge is 2.22. The molecule has 0 radical (unpaired) electrons. The molecule has 0 amide bonds. The van der Waals surface area contributed by atoms with Crippen LogP contribution in [0.5, 0.6) is 5.75 Å². The second kappa shape index (κ2) is 11.1. The number of pyridine rings is 1. The van der Waals surface area contributed by atoms with Crippen LogP contribution >= 0.6 is 22.9 Å². The molecule has 5 rings (SSSR count). The van der Waals surface area contributed by atoms with Gasteiger partial charge in [-0.3, -0.25) is 14.3 Å². The highest BCUT2D eigenvalue weighted by atomic mass is 35.5. The Bertz CT molecular complexity index is 2120. The van der Waals surface area contributed by atoms with Crippen LogP contribution in [0.25, 0.3) is 32.2 Å². The minimum Gasteiger partial charge on any atom is -0.491 e. The topological polar surface area (TPSA) is 155 Å². The second-order valence-electron chi connectivity index (χ2n) is 9.36. The Morgan fingerprint density at radius 1 is 1.21 bits per heavy atom. The molecular weight excluding hydrogens is 602 g/mol. The molecule has 0 saturated heterocycles. The molecule has 1 N–H and O–H groups in total. The molecule has 5 aromatic rings. The molecule has 0 spiro atoms. The summed E-state index contributed by atoms with van der Waals surface area (Å²) in [5, 5.41) is 21.2. The molecule has 0 unspecified atom stereocenters. The largest absolute Gasteiger partial charge is 0.491 e. The zero-order valence-electron chi connectivity index (χ0n) is 22.5. The van der Waals surface area contributed by atoms with E-state index < -0.39 is 21.6 Å². The summed E-state index contributed by atoms with van der Waals surface area (Å²) >= 11 is 7.55. The number of benzene rings is 2. The van der Waals surface area contributed by atoms with E-state index >= 15 is 0 Å². The number of aryl methyl sites for hydroxylation is 1. The number of aromatic nitrogens is 3. The molecule has 3 heterocycles. The minimum absolute atomic E-state index is 0.0131. The van der Waals surface area contributed by atoms with Crippen LogP contribution in [0, 0.1) is 18.3 Å². The van der Waals surface area contributed by atoms with Gasteiger partial charge in [-0.05, 0) is 43.3 Å². The van der Waals surface area contributed by atoms with E-state index in [2.05, 4.69) is 9.97 Å². The molecule has 0 fully saturated rings. The van der Waals surface area contributed by atoms with Gasteiger partial charge < -0.3 is 9.84 Å². The van der Waals surface area contributed by atoms with E-state index in [9.17, 15) is 28.4 Å². The normalized spacial score (nSPS) is 11.7. The first-order chi connectivity index (χ1) is 19.9. The summed E-state index contributed by atoms with van der Waals surface area (Å²) in [6.45, 7) is 1.72. The van der Waals surface area contributed by atoms with Gasteiger partial charge in [0.15, 0.2) is 0 Å². The monoisotopic (exact) mass is 623 g/mol. The lowest BCUT2D eigenvalue weighted by Gasteiger charge is -2.16. The number of carboxylic acids is 1. The van der Waals surface area contributed by atoms with E-state index in [1.165, 1.54) is 53.7 Å². The van der Waals surface area contributed by atoms with Gasteiger partial charge in [0.2, 0.25) is 10.0 Å². The fourth-order valence-corrected chi connectivity index (χ4v) is 6.67. The Morgan fingerprint density at radius 2 is 1.98 bits per heavy atom. The number of carbonyl (C=O) groups is 1. The Kier molecular flexibility index (Phi) is 7.74. The van der Waals surface area contributed by atoms with Gasteiger partial charge in [0.25, 0.3) is 5.56 Å². The first kappa shape index (κ1) is 29.2. The summed E-state index contributed by atoms with van der Waals surface area (Å²) in [5.41, 5.74) is 1.27. The molecule has 2 aromatic carbocycles. The molecule has 0 atom stereocenters. The van der Waals surface area contributed by atoms with E-state index in [0.717, 1.165) is 4.31 Å². The van der Waals surface area contributed by atoms with Gasteiger partial charge in [0, 0.05) is 41.8 Å². The third-order valence-electron chi connectivity index (χ3n) is 6.61. The minimum atomic E-state index is -3.86. The number of hydrogen-bond donors (Lipinski definition) is 1. The number of carboxylic acid groups (broad SMARTS) is 1. The quantitative estimate of drug-likeness (QED) is 0.262. The average molecular weight is 624 g/mol. The van der Waals surface area contributed by atoms with E-state index in [0.29, 0.717) is 37.9 Å². The van der Waals surface area contributed by atoms with E-state index in [1.54, 1.807) is 31.2 Å². The lowest BCUT2D eigenvalue weighted by molar-refractivity contribution is 0.0699. The number of hydrogen-bond acceptors (Lipinski definition) is 9. The number of nitrogens with zero attached hydrogens (tertiary/aromatic N) is 5. The Hall–Kier alpha value is -4.35. The number of nitriles is 1. The van der Waals surface area contributed by atoms with Crippen LogP contribution in [-0.2, 0) is 16.6 Å². The maximum Gasteiger partial charge on any atom is 0.338 e. The predicted molar refractivity (Wildman–Crippen MR) is 159 cm³/mol. The Balaban J connectivity index is 1.49. The molecule has 3 aromatic heterocycles. The molecule has 42 heavy (non-hydrogen) atoms. The van der Waals surface area contributed by atoms with Crippen molar-refractivity contribution in [2.24, 2.45) is 0 Å². The van der Waals surface area contributed by atoms with Crippen LogP contribution in [0.15, 0.2) is 57.7 Å². The molecule has 0 bridgehead atoms. The van der Waals surface area contributed by atoms with Gasteiger partial charge >= 0.3 is 5.97 Å². The predicted octanol–water partition coefficient (Wildman–Crippen LogP) is 4.53. The van der Waals surface area contributed by atoms with Crippen molar-refractivity contribution in [2.45, 2.75) is 18.4 Å². The molecular formula is C28H22ClN5O6S2. The van der Waals surface area contributed by atoms with Gasteiger partial charge in [-0.1, -0.05) is 11.6 Å². The lowest BCUT2D eigenvalue weighted by Crippen LogP contribution is -2.28. The summed E-state index contributed by atoms with van der Waals surface area (Å²) in [6, 6.07) is 11.2. The van der Waals surface area contributed by atoms with Crippen molar-refractivity contribution in [2.75, 3.05) is 20.7 Å². The number of ether oxygens (including phenoxy) is 1. The van der Waals surface area contributed by atoms with Crippen molar-refractivity contribution in [3.8, 4) is 22.9 Å². The third-order valence-corrected chi connectivity index (χ3v) is 9.64. The molecule has 11 nitrogen and oxygen atoms in total. The molecule has 0 aliphatic heterocycles. The molecule has 0 saturated carbocycles. The van der Waals surface area contributed by atoms with Crippen LogP contribution in [-0.4, -0.2) is 59.0 Å². The number of halogens is 1. The van der Waals surface area contributed by atoms with Gasteiger partial charge in [0.1, 0.15) is 24.3 Å². The van der Waals surface area contributed by atoms with E-state index in [-0.39, 0.29) is 40.1 Å². The SMILES string of the molecule is Cc1nc2cc(S(=O)(=O)N(C)C)cc(C#N)c2c(=O)n1CCOc1ccc(Cl)cc1-c1ccnc2c(C(=O)O)csc12. The molecule has 0 aliphatic carbocycles.